The molecule has 0 radical (unpaired) electrons. The summed E-state index contributed by atoms with van der Waals surface area (Å²) in [4.78, 5) is 31.4. The van der Waals surface area contributed by atoms with Crippen LogP contribution >= 0.6 is 11.3 Å². The molecule has 3 rings (SSSR count). The highest BCUT2D eigenvalue weighted by Crippen LogP contribution is 2.32. The van der Waals surface area contributed by atoms with Gasteiger partial charge in [0, 0.05) is 24.0 Å². The summed E-state index contributed by atoms with van der Waals surface area (Å²) in [6, 6.07) is 6.18. The topological polar surface area (TPSA) is 62.3 Å². The van der Waals surface area contributed by atoms with Gasteiger partial charge in [-0.2, -0.15) is 0 Å². The van der Waals surface area contributed by atoms with E-state index in [1.807, 2.05) is 23.3 Å². The van der Waals surface area contributed by atoms with Gasteiger partial charge in [-0.3, -0.25) is 9.59 Å². The fraction of sp³-hybridized carbons (Fsp3) is 0.450. The maximum atomic E-state index is 12.6. The molecule has 1 N–H and O–H groups in total. The molecule has 1 aliphatic heterocycles. The van der Waals surface area contributed by atoms with E-state index in [4.69, 9.17) is 0 Å². The van der Waals surface area contributed by atoms with E-state index >= 15 is 0 Å². The summed E-state index contributed by atoms with van der Waals surface area (Å²) in [5.74, 6) is -0.347. The third kappa shape index (κ3) is 3.80. The van der Waals surface area contributed by atoms with Crippen molar-refractivity contribution in [2.24, 2.45) is 5.92 Å². The zero-order chi connectivity index (χ0) is 18.7. The number of rotatable bonds is 6. The molecule has 1 atom stereocenters. The Morgan fingerprint density at radius 1 is 1.31 bits per heavy atom. The number of nitrogens with one attached hydrogen (secondary N) is 1. The van der Waals surface area contributed by atoms with E-state index in [0.29, 0.717) is 13.1 Å². The first-order valence-electron chi connectivity index (χ1n) is 9.13. The summed E-state index contributed by atoms with van der Waals surface area (Å²) in [6.45, 7) is 7.00. The summed E-state index contributed by atoms with van der Waals surface area (Å²) in [6.07, 6.45) is 2.00. The third-order valence-electron chi connectivity index (χ3n) is 4.84. The van der Waals surface area contributed by atoms with Crippen LogP contribution in [0.1, 0.15) is 42.1 Å². The smallest absolute Gasteiger partial charge is 0.227 e. The molecule has 1 fully saturated rings. The van der Waals surface area contributed by atoms with Gasteiger partial charge >= 0.3 is 0 Å². The first-order valence-corrected chi connectivity index (χ1v) is 10.0. The summed E-state index contributed by atoms with van der Waals surface area (Å²) >= 11 is 1.57. The lowest BCUT2D eigenvalue weighted by molar-refractivity contribution is -0.126. The molecule has 1 aliphatic rings. The van der Waals surface area contributed by atoms with Crippen LogP contribution in [0, 0.1) is 12.8 Å². The minimum atomic E-state index is -0.308. The summed E-state index contributed by atoms with van der Waals surface area (Å²) in [7, 11) is 0. The Morgan fingerprint density at radius 2 is 2.00 bits per heavy atom. The highest BCUT2D eigenvalue weighted by atomic mass is 32.1. The van der Waals surface area contributed by atoms with Gasteiger partial charge in [-0.1, -0.05) is 32.0 Å². The lowest BCUT2D eigenvalue weighted by Gasteiger charge is -2.23. The van der Waals surface area contributed by atoms with Crippen molar-refractivity contribution in [2.45, 2.75) is 46.6 Å². The van der Waals surface area contributed by atoms with E-state index in [1.165, 1.54) is 0 Å². The quantitative estimate of drug-likeness (QED) is 0.848. The van der Waals surface area contributed by atoms with Gasteiger partial charge in [0.2, 0.25) is 11.8 Å². The molecule has 0 spiro atoms. The number of hydrogen-bond donors (Lipinski definition) is 1. The molecule has 2 aromatic rings. The largest absolute Gasteiger partial charge is 0.350 e. The number of anilines is 1. The van der Waals surface area contributed by atoms with Crippen molar-refractivity contribution in [3.63, 3.8) is 0 Å². The number of amides is 2. The Kier molecular flexibility index (Phi) is 5.71. The average Bonchev–Trinajstić information content (AvgIpc) is 3.24. The summed E-state index contributed by atoms with van der Waals surface area (Å²) in [5.41, 5.74) is 4.20. The van der Waals surface area contributed by atoms with Gasteiger partial charge in [0.25, 0.3) is 0 Å². The van der Waals surface area contributed by atoms with Crippen LogP contribution in [0.25, 0.3) is 0 Å². The van der Waals surface area contributed by atoms with Crippen molar-refractivity contribution in [2.75, 3.05) is 11.4 Å². The van der Waals surface area contributed by atoms with Crippen LogP contribution in [0.3, 0.4) is 0 Å². The predicted octanol–water partition coefficient (Wildman–Crippen LogP) is 3.25. The Labute approximate surface area is 158 Å². The minimum absolute atomic E-state index is 0.0326. The molecule has 138 valence electrons. The SMILES string of the molecule is CCc1cccc(CC)c1N1CC(C(=O)NCc2csc(C)n2)CC1=O. The van der Waals surface area contributed by atoms with Crippen LogP contribution in [-0.2, 0) is 29.0 Å². The minimum Gasteiger partial charge on any atom is -0.350 e. The zero-order valence-electron chi connectivity index (χ0n) is 15.5. The van der Waals surface area contributed by atoms with E-state index in [0.717, 1.165) is 40.4 Å². The molecule has 5 nitrogen and oxygen atoms in total. The molecule has 1 unspecified atom stereocenters. The van der Waals surface area contributed by atoms with Crippen molar-refractivity contribution in [1.29, 1.82) is 0 Å². The Hall–Kier alpha value is -2.21. The summed E-state index contributed by atoms with van der Waals surface area (Å²) < 4.78 is 0. The van der Waals surface area contributed by atoms with E-state index in [9.17, 15) is 9.59 Å². The number of benzene rings is 1. The highest BCUT2D eigenvalue weighted by Gasteiger charge is 2.36. The lowest BCUT2D eigenvalue weighted by Crippen LogP contribution is -2.33. The molecule has 6 heteroatoms. The number of carbonyl (C=O) groups excluding carboxylic acids is 2. The molecule has 2 amide bonds. The van der Waals surface area contributed by atoms with Crippen LogP contribution in [0.2, 0.25) is 0 Å². The fourth-order valence-electron chi connectivity index (χ4n) is 3.47. The predicted molar refractivity (Wildman–Crippen MR) is 104 cm³/mol. The fourth-order valence-corrected chi connectivity index (χ4v) is 4.09. The van der Waals surface area contributed by atoms with Gasteiger partial charge in [0.15, 0.2) is 0 Å². The second-order valence-corrected chi connectivity index (χ2v) is 7.68. The number of aromatic nitrogens is 1. The molecule has 2 heterocycles. The van der Waals surface area contributed by atoms with Crippen molar-refractivity contribution >= 4 is 28.8 Å². The van der Waals surface area contributed by atoms with Gasteiger partial charge in [0.1, 0.15) is 0 Å². The number of para-hydroxylation sites is 1. The first kappa shape index (κ1) is 18.6. The van der Waals surface area contributed by atoms with E-state index in [2.05, 4.69) is 36.3 Å². The lowest BCUT2D eigenvalue weighted by atomic mass is 10.0. The second-order valence-electron chi connectivity index (χ2n) is 6.61. The number of aryl methyl sites for hydroxylation is 3. The molecule has 1 aromatic carbocycles. The second kappa shape index (κ2) is 7.99. The molecule has 1 aromatic heterocycles. The molecule has 26 heavy (non-hydrogen) atoms. The summed E-state index contributed by atoms with van der Waals surface area (Å²) in [5, 5.41) is 5.87. The molecule has 0 bridgehead atoms. The van der Waals surface area contributed by atoms with Crippen molar-refractivity contribution < 1.29 is 9.59 Å². The van der Waals surface area contributed by atoms with Crippen LogP contribution < -0.4 is 10.2 Å². The van der Waals surface area contributed by atoms with Crippen molar-refractivity contribution in [1.82, 2.24) is 10.3 Å². The van der Waals surface area contributed by atoms with Crippen molar-refractivity contribution in [3.05, 3.63) is 45.4 Å². The Balaban J connectivity index is 1.71. The van der Waals surface area contributed by atoms with E-state index < -0.39 is 0 Å². The zero-order valence-corrected chi connectivity index (χ0v) is 16.4. The number of hydrogen-bond acceptors (Lipinski definition) is 4. The Bertz CT molecular complexity index is 793. The Morgan fingerprint density at radius 3 is 2.58 bits per heavy atom. The van der Waals surface area contributed by atoms with E-state index in [1.54, 1.807) is 11.3 Å². The average molecular weight is 372 g/mol. The number of thiazole rings is 1. The first-order chi connectivity index (χ1) is 12.5. The van der Waals surface area contributed by atoms with Gasteiger partial charge in [-0.15, -0.1) is 11.3 Å². The third-order valence-corrected chi connectivity index (χ3v) is 5.66. The van der Waals surface area contributed by atoms with Crippen LogP contribution in [0.5, 0.6) is 0 Å². The normalized spacial score (nSPS) is 17.0. The molecular formula is C20H25N3O2S. The van der Waals surface area contributed by atoms with Gasteiger partial charge in [-0.05, 0) is 30.9 Å². The standard InChI is InChI=1S/C20H25N3O2S/c1-4-14-7-6-8-15(5-2)19(14)23-11-16(9-18(23)24)20(25)21-10-17-12-26-13(3)22-17/h6-8,12,16H,4-5,9-11H2,1-3H3,(H,21,25). The highest BCUT2D eigenvalue weighted by molar-refractivity contribution is 7.09. The van der Waals surface area contributed by atoms with E-state index in [-0.39, 0.29) is 24.2 Å². The van der Waals surface area contributed by atoms with Crippen LogP contribution in [0.15, 0.2) is 23.6 Å². The monoisotopic (exact) mass is 371 g/mol. The van der Waals surface area contributed by atoms with Gasteiger partial charge < -0.3 is 10.2 Å². The van der Waals surface area contributed by atoms with Crippen LogP contribution in [-0.4, -0.2) is 23.3 Å². The maximum Gasteiger partial charge on any atom is 0.227 e. The van der Waals surface area contributed by atoms with Crippen LogP contribution in [0.4, 0.5) is 5.69 Å². The van der Waals surface area contributed by atoms with Crippen molar-refractivity contribution in [3.8, 4) is 0 Å². The van der Waals surface area contributed by atoms with Gasteiger partial charge in [0.05, 0.1) is 23.2 Å². The maximum absolute atomic E-state index is 12.6. The number of nitrogens with zero attached hydrogens (tertiary/aromatic N) is 2. The molecular weight excluding hydrogens is 346 g/mol. The molecule has 0 saturated carbocycles. The molecule has 1 saturated heterocycles. The number of carbonyl (C=O) groups is 2. The molecule has 0 aliphatic carbocycles. The van der Waals surface area contributed by atoms with Gasteiger partial charge in [-0.25, -0.2) is 4.98 Å².